The van der Waals surface area contributed by atoms with Crippen LogP contribution in [0.5, 0.6) is 0 Å². The summed E-state index contributed by atoms with van der Waals surface area (Å²) in [6.45, 7) is 7.99. The maximum atomic E-state index is 12.4. The predicted molar refractivity (Wildman–Crippen MR) is 72.3 cm³/mol. The average Bonchev–Trinajstić information content (AvgIpc) is 2.28. The van der Waals surface area contributed by atoms with E-state index in [0.29, 0.717) is 0 Å². The number of carbonyl (C=O) groups is 1. The molecule has 104 valence electrons. The molecule has 1 spiro atoms. The highest BCUT2D eigenvalue weighted by Crippen LogP contribution is 2.48. The normalized spacial score (nSPS) is 28.1. The Morgan fingerprint density at radius 1 is 1.17 bits per heavy atom. The van der Waals surface area contributed by atoms with Crippen molar-refractivity contribution >= 4 is 5.97 Å². The second-order valence-electron chi connectivity index (χ2n) is 6.94. The molecule has 3 nitrogen and oxygen atoms in total. The fourth-order valence-corrected chi connectivity index (χ4v) is 3.57. The maximum absolute atomic E-state index is 12.4. The molecule has 1 saturated carbocycles. The number of hydrogen-bond donors (Lipinski definition) is 1. The summed E-state index contributed by atoms with van der Waals surface area (Å²) in [5.74, 6) is 0.177. The molecule has 1 heterocycles. The second kappa shape index (κ2) is 5.20. The van der Waals surface area contributed by atoms with Crippen LogP contribution in [-0.2, 0) is 9.53 Å². The van der Waals surface area contributed by atoms with Crippen molar-refractivity contribution in [1.29, 1.82) is 0 Å². The highest BCUT2D eigenvalue weighted by molar-refractivity contribution is 5.74. The van der Waals surface area contributed by atoms with Crippen LogP contribution in [0.15, 0.2) is 0 Å². The third kappa shape index (κ3) is 3.05. The van der Waals surface area contributed by atoms with E-state index in [4.69, 9.17) is 4.74 Å². The zero-order chi connectivity index (χ0) is 13.2. The molecule has 0 bridgehead atoms. The summed E-state index contributed by atoms with van der Waals surface area (Å²) in [6, 6.07) is 0. The minimum Gasteiger partial charge on any atom is -0.460 e. The number of rotatable bonds is 1. The lowest BCUT2D eigenvalue weighted by Crippen LogP contribution is -2.47. The van der Waals surface area contributed by atoms with Crippen LogP contribution >= 0.6 is 0 Å². The highest BCUT2D eigenvalue weighted by Gasteiger charge is 2.46. The quantitative estimate of drug-likeness (QED) is 0.730. The minimum atomic E-state index is -0.358. The van der Waals surface area contributed by atoms with Crippen LogP contribution in [-0.4, -0.2) is 24.7 Å². The first kappa shape index (κ1) is 13.9. The Bertz CT molecular complexity index is 292. The third-order valence-electron chi connectivity index (χ3n) is 4.45. The largest absolute Gasteiger partial charge is 0.460 e. The topological polar surface area (TPSA) is 38.3 Å². The van der Waals surface area contributed by atoms with E-state index in [0.717, 1.165) is 32.4 Å². The highest BCUT2D eigenvalue weighted by atomic mass is 16.6. The predicted octanol–water partition coefficient (Wildman–Crippen LogP) is 2.89. The number of hydrogen-bond acceptors (Lipinski definition) is 3. The van der Waals surface area contributed by atoms with Crippen LogP contribution < -0.4 is 5.32 Å². The van der Waals surface area contributed by atoms with Crippen molar-refractivity contribution < 1.29 is 9.53 Å². The zero-order valence-electron chi connectivity index (χ0n) is 12.1. The summed E-state index contributed by atoms with van der Waals surface area (Å²) in [6.07, 6.45) is 6.96. The Labute approximate surface area is 111 Å². The van der Waals surface area contributed by atoms with Crippen LogP contribution in [0.1, 0.15) is 59.3 Å². The van der Waals surface area contributed by atoms with E-state index >= 15 is 0 Å². The summed E-state index contributed by atoms with van der Waals surface area (Å²) >= 11 is 0. The molecule has 0 radical (unpaired) electrons. The van der Waals surface area contributed by atoms with Gasteiger partial charge in [-0.3, -0.25) is 4.79 Å². The van der Waals surface area contributed by atoms with E-state index in [1.165, 1.54) is 19.3 Å². The molecule has 1 unspecified atom stereocenters. The first-order valence-electron chi connectivity index (χ1n) is 7.37. The molecule has 0 amide bonds. The van der Waals surface area contributed by atoms with E-state index in [1.54, 1.807) is 0 Å². The summed E-state index contributed by atoms with van der Waals surface area (Å²) in [5, 5.41) is 3.41. The van der Waals surface area contributed by atoms with Gasteiger partial charge in [0.15, 0.2) is 0 Å². The molecule has 2 fully saturated rings. The number of esters is 1. The molecular formula is C15H27NO2. The van der Waals surface area contributed by atoms with Crippen molar-refractivity contribution in [3.8, 4) is 0 Å². The molecular weight excluding hydrogens is 226 g/mol. The van der Waals surface area contributed by atoms with Gasteiger partial charge in [0.2, 0.25) is 0 Å². The lowest BCUT2D eigenvalue weighted by molar-refractivity contribution is -0.168. The second-order valence-corrected chi connectivity index (χ2v) is 6.94. The molecule has 0 aromatic rings. The molecule has 1 atom stereocenters. The van der Waals surface area contributed by atoms with E-state index < -0.39 is 0 Å². The number of piperidine rings is 1. The van der Waals surface area contributed by atoms with Gasteiger partial charge in [-0.15, -0.1) is 0 Å². The van der Waals surface area contributed by atoms with Gasteiger partial charge in [0.25, 0.3) is 0 Å². The molecule has 1 aliphatic heterocycles. The van der Waals surface area contributed by atoms with E-state index in [-0.39, 0.29) is 22.9 Å². The van der Waals surface area contributed by atoms with Crippen molar-refractivity contribution in [3.63, 3.8) is 0 Å². The number of carbonyl (C=O) groups excluding carboxylic acids is 1. The summed E-state index contributed by atoms with van der Waals surface area (Å²) in [7, 11) is 0. The Kier molecular flexibility index (Phi) is 4.00. The molecule has 2 aliphatic rings. The van der Waals surface area contributed by atoms with Crippen LogP contribution in [0.2, 0.25) is 0 Å². The van der Waals surface area contributed by atoms with Crippen LogP contribution in [0, 0.1) is 11.3 Å². The third-order valence-corrected chi connectivity index (χ3v) is 4.45. The van der Waals surface area contributed by atoms with Crippen LogP contribution in [0.3, 0.4) is 0 Å². The summed E-state index contributed by atoms with van der Waals surface area (Å²) < 4.78 is 5.65. The van der Waals surface area contributed by atoms with E-state index in [1.807, 2.05) is 20.8 Å². The van der Waals surface area contributed by atoms with Crippen LogP contribution in [0.25, 0.3) is 0 Å². The lowest BCUT2D eigenvalue weighted by Gasteiger charge is -2.46. The Balaban J connectivity index is 2.10. The molecule has 0 aromatic carbocycles. The molecule has 1 saturated heterocycles. The molecule has 0 aromatic heterocycles. The number of ether oxygens (including phenoxy) is 1. The zero-order valence-corrected chi connectivity index (χ0v) is 12.1. The standard InChI is InChI=1S/C15H27NO2/c1-14(2,3)18-13(17)12-6-4-5-7-15(12)8-10-16-11-9-15/h12,16H,4-11H2,1-3H3. The first-order valence-corrected chi connectivity index (χ1v) is 7.37. The van der Waals surface area contributed by atoms with Gasteiger partial charge in [-0.25, -0.2) is 0 Å². The monoisotopic (exact) mass is 253 g/mol. The molecule has 1 aliphatic carbocycles. The Morgan fingerprint density at radius 2 is 1.83 bits per heavy atom. The van der Waals surface area contributed by atoms with E-state index in [9.17, 15) is 4.79 Å². The van der Waals surface area contributed by atoms with Gasteiger partial charge < -0.3 is 10.1 Å². The van der Waals surface area contributed by atoms with Crippen molar-refractivity contribution in [3.05, 3.63) is 0 Å². The van der Waals surface area contributed by atoms with Gasteiger partial charge in [0.1, 0.15) is 5.60 Å². The maximum Gasteiger partial charge on any atom is 0.310 e. The van der Waals surface area contributed by atoms with Crippen molar-refractivity contribution in [1.82, 2.24) is 5.32 Å². The smallest absolute Gasteiger partial charge is 0.310 e. The van der Waals surface area contributed by atoms with Crippen molar-refractivity contribution in [2.24, 2.45) is 11.3 Å². The van der Waals surface area contributed by atoms with Crippen molar-refractivity contribution in [2.75, 3.05) is 13.1 Å². The van der Waals surface area contributed by atoms with Gasteiger partial charge >= 0.3 is 5.97 Å². The SMILES string of the molecule is CC(C)(C)OC(=O)C1CCCCC12CCNCC2. The fourth-order valence-electron chi connectivity index (χ4n) is 3.57. The van der Waals surface area contributed by atoms with Gasteiger partial charge in [-0.2, -0.15) is 0 Å². The van der Waals surface area contributed by atoms with Gasteiger partial charge in [0, 0.05) is 0 Å². The molecule has 18 heavy (non-hydrogen) atoms. The molecule has 1 N–H and O–H groups in total. The Morgan fingerprint density at radius 3 is 2.44 bits per heavy atom. The average molecular weight is 253 g/mol. The van der Waals surface area contributed by atoms with Crippen molar-refractivity contribution in [2.45, 2.75) is 64.9 Å². The summed E-state index contributed by atoms with van der Waals surface area (Å²) in [5.41, 5.74) is -0.130. The molecule has 3 heteroatoms. The number of nitrogens with one attached hydrogen (secondary N) is 1. The van der Waals surface area contributed by atoms with Crippen LogP contribution in [0.4, 0.5) is 0 Å². The summed E-state index contributed by atoms with van der Waals surface area (Å²) in [4.78, 5) is 12.4. The van der Waals surface area contributed by atoms with Gasteiger partial charge in [-0.05, 0) is 65.0 Å². The Hall–Kier alpha value is -0.570. The van der Waals surface area contributed by atoms with Gasteiger partial charge in [0.05, 0.1) is 5.92 Å². The fraction of sp³-hybridized carbons (Fsp3) is 0.933. The first-order chi connectivity index (χ1) is 8.43. The molecule has 2 rings (SSSR count). The van der Waals surface area contributed by atoms with E-state index in [2.05, 4.69) is 5.32 Å². The van der Waals surface area contributed by atoms with Gasteiger partial charge in [-0.1, -0.05) is 12.8 Å². The minimum absolute atomic E-state index is 0.0455. The lowest BCUT2D eigenvalue weighted by atomic mass is 9.61.